The molecule has 1 aliphatic rings. The van der Waals surface area contributed by atoms with Crippen molar-refractivity contribution in [2.75, 3.05) is 7.11 Å². The number of carbonyl (C=O) groups excluding carboxylic acids is 2. The minimum atomic E-state index is -0.637. The molecule has 1 aliphatic carbocycles. The van der Waals surface area contributed by atoms with Crippen molar-refractivity contribution in [2.45, 2.75) is 51.7 Å². The van der Waals surface area contributed by atoms with E-state index < -0.39 is 12.2 Å². The van der Waals surface area contributed by atoms with Gasteiger partial charge in [-0.05, 0) is 19.3 Å². The van der Waals surface area contributed by atoms with Crippen LogP contribution in [0.1, 0.15) is 39.5 Å². The lowest BCUT2D eigenvalue weighted by atomic mass is 9.78. The maximum absolute atomic E-state index is 11.5. The molecule has 0 aromatic heterocycles. The van der Waals surface area contributed by atoms with E-state index in [2.05, 4.69) is 4.74 Å². The number of aliphatic hydroxyl groups is 1. The van der Waals surface area contributed by atoms with E-state index in [9.17, 15) is 14.7 Å². The number of ether oxygens (including phenoxy) is 2. The van der Waals surface area contributed by atoms with Gasteiger partial charge in [0, 0.05) is 12.3 Å². The summed E-state index contributed by atoms with van der Waals surface area (Å²) in [5.74, 6) is -1.16. The summed E-state index contributed by atoms with van der Waals surface area (Å²) >= 11 is 0. The number of rotatable bonds is 4. The molecule has 0 spiro atoms. The van der Waals surface area contributed by atoms with Crippen LogP contribution in [0.3, 0.4) is 0 Å². The molecule has 1 N–H and O–H groups in total. The summed E-state index contributed by atoms with van der Waals surface area (Å²) in [5.41, 5.74) is 0. The molecule has 1 rings (SSSR count). The number of aliphatic hydroxyl groups excluding tert-OH is 1. The lowest BCUT2D eigenvalue weighted by molar-refractivity contribution is -0.165. The predicted octanol–water partition coefficient (Wildman–Crippen LogP) is 1.28. The average molecular weight is 258 g/mol. The largest absolute Gasteiger partial charge is 0.469 e. The average Bonchev–Trinajstić information content (AvgIpc) is 2.34. The topological polar surface area (TPSA) is 72.8 Å². The van der Waals surface area contributed by atoms with Gasteiger partial charge in [0.1, 0.15) is 6.10 Å². The minimum Gasteiger partial charge on any atom is -0.469 e. The summed E-state index contributed by atoms with van der Waals surface area (Å²) in [7, 11) is 1.32. The van der Waals surface area contributed by atoms with Gasteiger partial charge in [-0.2, -0.15) is 0 Å². The first-order valence-corrected chi connectivity index (χ1v) is 6.44. The van der Waals surface area contributed by atoms with E-state index in [-0.39, 0.29) is 23.8 Å². The van der Waals surface area contributed by atoms with Crippen molar-refractivity contribution in [1.29, 1.82) is 0 Å². The van der Waals surface area contributed by atoms with E-state index in [1.807, 2.05) is 13.8 Å². The summed E-state index contributed by atoms with van der Waals surface area (Å²) in [6.07, 6.45) is 0.848. The third-order valence-electron chi connectivity index (χ3n) is 3.51. The number of hydrogen-bond acceptors (Lipinski definition) is 5. The Balaban J connectivity index is 2.64. The van der Waals surface area contributed by atoms with E-state index >= 15 is 0 Å². The van der Waals surface area contributed by atoms with Crippen LogP contribution in [0, 0.1) is 11.8 Å². The highest BCUT2D eigenvalue weighted by atomic mass is 16.5. The van der Waals surface area contributed by atoms with E-state index in [4.69, 9.17) is 4.74 Å². The highest BCUT2D eigenvalue weighted by Gasteiger charge is 2.39. The van der Waals surface area contributed by atoms with Gasteiger partial charge in [0.05, 0.1) is 19.1 Å². The van der Waals surface area contributed by atoms with Gasteiger partial charge in [-0.15, -0.1) is 0 Å². The first-order valence-electron chi connectivity index (χ1n) is 6.44. The zero-order valence-corrected chi connectivity index (χ0v) is 11.2. The van der Waals surface area contributed by atoms with E-state index in [1.165, 1.54) is 7.11 Å². The molecule has 0 saturated heterocycles. The third kappa shape index (κ3) is 3.70. The quantitative estimate of drug-likeness (QED) is 0.769. The molecule has 1 fully saturated rings. The fraction of sp³-hybridized carbons (Fsp3) is 0.846. The molecule has 5 heteroatoms. The highest BCUT2D eigenvalue weighted by Crippen LogP contribution is 2.32. The molecule has 5 nitrogen and oxygen atoms in total. The first-order chi connectivity index (χ1) is 8.49. The Labute approximate surface area is 107 Å². The van der Waals surface area contributed by atoms with Crippen molar-refractivity contribution < 1.29 is 24.2 Å². The molecule has 0 radical (unpaired) electrons. The summed E-state index contributed by atoms with van der Waals surface area (Å²) in [6.45, 7) is 3.74. The summed E-state index contributed by atoms with van der Waals surface area (Å²) in [5, 5.41) is 9.91. The maximum atomic E-state index is 11.5. The van der Waals surface area contributed by atoms with Gasteiger partial charge in [-0.3, -0.25) is 9.59 Å². The van der Waals surface area contributed by atoms with Gasteiger partial charge in [0.25, 0.3) is 0 Å². The van der Waals surface area contributed by atoms with Crippen LogP contribution in [0.15, 0.2) is 0 Å². The van der Waals surface area contributed by atoms with Crippen molar-refractivity contribution >= 4 is 11.9 Å². The lowest BCUT2D eigenvalue weighted by Crippen LogP contribution is -2.43. The van der Waals surface area contributed by atoms with Gasteiger partial charge in [0.15, 0.2) is 0 Å². The highest BCUT2D eigenvalue weighted by molar-refractivity contribution is 5.73. The van der Waals surface area contributed by atoms with Crippen LogP contribution < -0.4 is 0 Å². The fourth-order valence-electron chi connectivity index (χ4n) is 2.29. The Morgan fingerprint density at radius 1 is 1.33 bits per heavy atom. The zero-order valence-electron chi connectivity index (χ0n) is 11.2. The molecule has 1 saturated carbocycles. The van der Waals surface area contributed by atoms with Crippen molar-refractivity contribution in [3.05, 3.63) is 0 Å². The van der Waals surface area contributed by atoms with E-state index in [1.54, 1.807) is 0 Å². The minimum absolute atomic E-state index is 0.147. The number of carbonyl (C=O) groups is 2. The van der Waals surface area contributed by atoms with Crippen LogP contribution in [0.25, 0.3) is 0 Å². The second kappa shape index (κ2) is 6.73. The molecule has 0 aliphatic heterocycles. The predicted molar refractivity (Wildman–Crippen MR) is 64.7 cm³/mol. The fourth-order valence-corrected chi connectivity index (χ4v) is 2.29. The van der Waals surface area contributed by atoms with E-state index in [0.29, 0.717) is 19.3 Å². The lowest BCUT2D eigenvalue weighted by Gasteiger charge is -2.36. The molecular formula is C13H22O5. The van der Waals surface area contributed by atoms with Crippen molar-refractivity contribution in [1.82, 2.24) is 0 Å². The molecule has 0 aromatic carbocycles. The molecule has 0 heterocycles. The van der Waals surface area contributed by atoms with Crippen LogP contribution in [-0.4, -0.2) is 36.4 Å². The van der Waals surface area contributed by atoms with Gasteiger partial charge in [-0.25, -0.2) is 0 Å². The summed E-state index contributed by atoms with van der Waals surface area (Å²) in [6, 6.07) is 0. The Morgan fingerprint density at radius 3 is 2.56 bits per heavy atom. The van der Waals surface area contributed by atoms with Gasteiger partial charge >= 0.3 is 11.9 Å². The Hall–Kier alpha value is -1.10. The Bertz CT molecular complexity index is 302. The number of hydrogen-bond donors (Lipinski definition) is 1. The zero-order chi connectivity index (χ0) is 13.7. The Kier molecular flexibility index (Phi) is 5.59. The van der Waals surface area contributed by atoms with E-state index in [0.717, 1.165) is 6.42 Å². The number of esters is 2. The van der Waals surface area contributed by atoms with Crippen LogP contribution in [0.2, 0.25) is 0 Å². The molecular weight excluding hydrogens is 236 g/mol. The second-order valence-corrected chi connectivity index (χ2v) is 4.90. The van der Waals surface area contributed by atoms with Gasteiger partial charge in [0.2, 0.25) is 0 Å². The van der Waals surface area contributed by atoms with Gasteiger partial charge in [-0.1, -0.05) is 13.8 Å². The van der Waals surface area contributed by atoms with Crippen molar-refractivity contribution in [3.63, 3.8) is 0 Å². The van der Waals surface area contributed by atoms with Crippen molar-refractivity contribution in [2.24, 2.45) is 11.8 Å². The Morgan fingerprint density at radius 2 is 2.00 bits per heavy atom. The monoisotopic (exact) mass is 258 g/mol. The summed E-state index contributed by atoms with van der Waals surface area (Å²) < 4.78 is 10.0. The molecule has 0 aromatic rings. The molecule has 104 valence electrons. The molecule has 0 bridgehead atoms. The SMILES string of the molecule is CCCC(=O)O[C@@H]1C[C@@H](C(=O)OC)C[C@H](O)[C@H]1C. The first kappa shape index (κ1) is 15.0. The van der Waals surface area contributed by atoms with Crippen LogP contribution in [-0.2, 0) is 19.1 Å². The van der Waals surface area contributed by atoms with Crippen LogP contribution >= 0.6 is 0 Å². The third-order valence-corrected chi connectivity index (χ3v) is 3.51. The van der Waals surface area contributed by atoms with Crippen LogP contribution in [0.4, 0.5) is 0 Å². The second-order valence-electron chi connectivity index (χ2n) is 4.90. The maximum Gasteiger partial charge on any atom is 0.308 e. The normalized spacial score (nSPS) is 31.8. The molecule has 18 heavy (non-hydrogen) atoms. The summed E-state index contributed by atoms with van der Waals surface area (Å²) in [4.78, 5) is 23.0. The smallest absolute Gasteiger partial charge is 0.308 e. The molecule has 0 amide bonds. The van der Waals surface area contributed by atoms with Crippen molar-refractivity contribution in [3.8, 4) is 0 Å². The number of methoxy groups -OCH3 is 1. The van der Waals surface area contributed by atoms with Crippen LogP contribution in [0.5, 0.6) is 0 Å². The molecule has 0 unspecified atom stereocenters. The standard InChI is InChI=1S/C13H22O5/c1-4-5-12(15)18-11-7-9(13(16)17-3)6-10(14)8(11)2/h8-11,14H,4-7H2,1-3H3/t8-,9+,10+,11-/m1/s1. The van der Waals surface area contributed by atoms with Gasteiger partial charge < -0.3 is 14.6 Å². The molecule has 4 atom stereocenters.